The molecule has 6 aromatic rings. The molecule has 0 N–H and O–H groups in total. The van der Waals surface area contributed by atoms with E-state index in [1.165, 1.54) is 28.6 Å². The fourth-order valence-corrected chi connectivity index (χ4v) is 8.03. The number of rotatable bonds is 6. The Kier molecular flexibility index (Phi) is 7.51. The SMILES string of the molecule is COc1cc(Cl)c(C)cc1-n1c(Sc2nc(/C=C/c3ccccc3)nc3sc4c(c23)CCCC4)nc2ccccc2c1=O. The summed E-state index contributed by atoms with van der Waals surface area (Å²) in [7, 11) is 1.58. The lowest BCUT2D eigenvalue weighted by Gasteiger charge is -2.17. The number of thiophene rings is 1. The van der Waals surface area contributed by atoms with E-state index in [-0.39, 0.29) is 5.56 Å². The van der Waals surface area contributed by atoms with Crippen LogP contribution in [0, 0.1) is 6.92 Å². The Morgan fingerprint density at radius 3 is 2.60 bits per heavy atom. The lowest BCUT2D eigenvalue weighted by Crippen LogP contribution is -2.22. The first kappa shape index (κ1) is 27.8. The van der Waals surface area contributed by atoms with Crippen LogP contribution in [0.3, 0.4) is 0 Å². The molecule has 1 aliphatic carbocycles. The number of nitrogens with zero attached hydrogens (tertiary/aromatic N) is 4. The largest absolute Gasteiger partial charge is 0.495 e. The summed E-state index contributed by atoms with van der Waals surface area (Å²) in [6.45, 7) is 1.91. The van der Waals surface area contributed by atoms with E-state index in [4.69, 9.17) is 31.3 Å². The van der Waals surface area contributed by atoms with Crippen molar-refractivity contribution in [3.63, 3.8) is 0 Å². The van der Waals surface area contributed by atoms with Crippen LogP contribution in [0.15, 0.2) is 81.7 Å². The third kappa shape index (κ3) is 5.24. The van der Waals surface area contributed by atoms with E-state index < -0.39 is 0 Å². The van der Waals surface area contributed by atoms with Crippen LogP contribution in [-0.2, 0) is 12.8 Å². The van der Waals surface area contributed by atoms with Gasteiger partial charge in [0.05, 0.1) is 23.7 Å². The maximum atomic E-state index is 14.2. The Labute approximate surface area is 262 Å². The predicted molar refractivity (Wildman–Crippen MR) is 177 cm³/mol. The predicted octanol–water partition coefficient (Wildman–Crippen LogP) is 8.56. The van der Waals surface area contributed by atoms with Gasteiger partial charge in [-0.05, 0) is 85.3 Å². The smallest absolute Gasteiger partial charge is 0.266 e. The quantitative estimate of drug-likeness (QED) is 0.137. The van der Waals surface area contributed by atoms with Crippen LogP contribution in [0.2, 0.25) is 5.02 Å². The summed E-state index contributed by atoms with van der Waals surface area (Å²) in [4.78, 5) is 31.6. The first-order valence-electron chi connectivity index (χ1n) is 14.1. The first-order chi connectivity index (χ1) is 21.0. The van der Waals surface area contributed by atoms with Crippen LogP contribution in [0.4, 0.5) is 0 Å². The Hall–Kier alpha value is -3.98. The van der Waals surface area contributed by atoms with Crippen molar-refractivity contribution in [2.75, 3.05) is 7.11 Å². The monoisotopic (exact) mass is 622 g/mol. The van der Waals surface area contributed by atoms with Gasteiger partial charge in [0.2, 0.25) is 0 Å². The summed E-state index contributed by atoms with van der Waals surface area (Å²) in [5.41, 5.74) is 4.24. The molecule has 0 aliphatic heterocycles. The lowest BCUT2D eigenvalue weighted by atomic mass is 9.97. The molecule has 0 atom stereocenters. The van der Waals surface area contributed by atoms with Gasteiger partial charge in [-0.2, -0.15) is 0 Å². The average molecular weight is 623 g/mol. The number of aryl methyl sites for hydroxylation is 3. The zero-order valence-electron chi connectivity index (χ0n) is 23.6. The third-order valence-corrected chi connectivity index (χ3v) is 10.2. The number of hydrogen-bond donors (Lipinski definition) is 0. The Bertz CT molecular complexity index is 2100. The van der Waals surface area contributed by atoms with Crippen molar-refractivity contribution in [2.45, 2.75) is 42.8 Å². The molecule has 0 spiro atoms. The van der Waals surface area contributed by atoms with Crippen LogP contribution in [0.5, 0.6) is 5.75 Å². The van der Waals surface area contributed by atoms with Gasteiger partial charge in [-0.1, -0.05) is 60.1 Å². The molecule has 0 fully saturated rings. The molecular formula is C34H27ClN4O2S2. The lowest BCUT2D eigenvalue weighted by molar-refractivity contribution is 0.411. The van der Waals surface area contributed by atoms with Gasteiger partial charge in [0.25, 0.3) is 5.56 Å². The molecule has 3 aromatic carbocycles. The highest BCUT2D eigenvalue weighted by Crippen LogP contribution is 2.42. The van der Waals surface area contributed by atoms with Crippen LogP contribution in [-0.4, -0.2) is 26.6 Å². The second-order valence-corrected chi connectivity index (χ2v) is 12.9. The minimum Gasteiger partial charge on any atom is -0.495 e. The Morgan fingerprint density at radius 2 is 1.77 bits per heavy atom. The number of para-hydroxylation sites is 1. The van der Waals surface area contributed by atoms with Gasteiger partial charge >= 0.3 is 0 Å². The molecule has 6 nitrogen and oxygen atoms in total. The van der Waals surface area contributed by atoms with Crippen molar-refractivity contribution in [3.8, 4) is 11.4 Å². The molecule has 214 valence electrons. The molecule has 0 bridgehead atoms. The zero-order chi connectivity index (χ0) is 29.5. The van der Waals surface area contributed by atoms with E-state index in [1.807, 2.05) is 73.7 Å². The second kappa shape index (κ2) is 11.6. The number of hydrogen-bond acceptors (Lipinski definition) is 7. The van der Waals surface area contributed by atoms with E-state index in [0.717, 1.165) is 45.6 Å². The molecule has 9 heteroatoms. The standard InChI is InChI=1S/C34H27ClN4O2S2/c1-20-18-26(27(41-2)19-24(20)35)39-33(40)22-12-6-8-14-25(22)36-34(39)43-32-30-23-13-7-9-15-28(23)42-31(30)37-29(38-32)17-16-21-10-4-3-5-11-21/h3-6,8,10-12,14,16-19H,7,9,13,15H2,1-2H3/b17-16+. The minimum atomic E-state index is -0.185. The fraction of sp³-hybridized carbons (Fsp3) is 0.176. The molecule has 7 rings (SSSR count). The van der Waals surface area contributed by atoms with Crippen molar-refractivity contribution in [1.82, 2.24) is 19.5 Å². The third-order valence-electron chi connectivity index (χ3n) is 7.66. The van der Waals surface area contributed by atoms with Gasteiger partial charge < -0.3 is 4.74 Å². The summed E-state index contributed by atoms with van der Waals surface area (Å²) < 4.78 is 7.35. The number of benzene rings is 3. The number of ether oxygens (including phenoxy) is 1. The van der Waals surface area contributed by atoms with Gasteiger partial charge in [0.1, 0.15) is 15.6 Å². The van der Waals surface area contributed by atoms with Gasteiger partial charge in [0, 0.05) is 21.4 Å². The van der Waals surface area contributed by atoms with Gasteiger partial charge in [-0.15, -0.1) is 11.3 Å². The summed E-state index contributed by atoms with van der Waals surface area (Å²) >= 11 is 9.61. The molecule has 0 radical (unpaired) electrons. The second-order valence-electron chi connectivity index (χ2n) is 10.4. The van der Waals surface area contributed by atoms with Crippen molar-refractivity contribution in [2.24, 2.45) is 0 Å². The molecule has 3 aromatic heterocycles. The van der Waals surface area contributed by atoms with Crippen molar-refractivity contribution >= 4 is 68.0 Å². The summed E-state index contributed by atoms with van der Waals surface area (Å²) in [5, 5.41) is 3.44. The van der Waals surface area contributed by atoms with E-state index in [9.17, 15) is 4.79 Å². The number of halogens is 1. The van der Waals surface area contributed by atoms with Crippen molar-refractivity contribution < 1.29 is 4.74 Å². The highest BCUT2D eigenvalue weighted by molar-refractivity contribution is 7.99. The number of methoxy groups -OCH3 is 1. The molecular weight excluding hydrogens is 596 g/mol. The van der Waals surface area contributed by atoms with Crippen LogP contribution in [0.1, 0.15) is 40.2 Å². The maximum Gasteiger partial charge on any atom is 0.266 e. The van der Waals surface area contributed by atoms with Crippen molar-refractivity contribution in [3.05, 3.63) is 109 Å². The molecule has 43 heavy (non-hydrogen) atoms. The van der Waals surface area contributed by atoms with Crippen molar-refractivity contribution in [1.29, 1.82) is 0 Å². The summed E-state index contributed by atoms with van der Waals surface area (Å²) in [6, 6.07) is 21.1. The highest BCUT2D eigenvalue weighted by Gasteiger charge is 2.24. The average Bonchev–Trinajstić information content (AvgIpc) is 3.41. The molecule has 0 saturated carbocycles. The van der Waals surface area contributed by atoms with Gasteiger partial charge in [-0.25, -0.2) is 15.0 Å². The topological polar surface area (TPSA) is 69.9 Å². The molecule has 0 amide bonds. The van der Waals surface area contributed by atoms with Crippen LogP contribution < -0.4 is 10.3 Å². The summed E-state index contributed by atoms with van der Waals surface area (Å²) in [5.74, 6) is 1.11. The van der Waals surface area contributed by atoms with Crippen LogP contribution >= 0.6 is 34.7 Å². The van der Waals surface area contributed by atoms with Crippen LogP contribution in [0.25, 0.3) is 39.0 Å². The molecule has 0 saturated heterocycles. The number of aromatic nitrogens is 4. The molecule has 1 aliphatic rings. The first-order valence-corrected chi connectivity index (χ1v) is 16.1. The molecule has 3 heterocycles. The fourth-order valence-electron chi connectivity index (χ4n) is 5.49. The van der Waals surface area contributed by atoms with E-state index in [1.54, 1.807) is 35.1 Å². The van der Waals surface area contributed by atoms with E-state index in [0.29, 0.717) is 38.3 Å². The van der Waals surface area contributed by atoms with E-state index in [2.05, 4.69) is 0 Å². The normalized spacial score (nSPS) is 13.2. The maximum absolute atomic E-state index is 14.2. The summed E-state index contributed by atoms with van der Waals surface area (Å²) in [6.07, 6.45) is 8.33. The molecule has 0 unspecified atom stereocenters. The highest BCUT2D eigenvalue weighted by atomic mass is 35.5. The van der Waals surface area contributed by atoms with Gasteiger partial charge in [0.15, 0.2) is 11.0 Å². The van der Waals surface area contributed by atoms with Gasteiger partial charge in [-0.3, -0.25) is 9.36 Å². The van der Waals surface area contributed by atoms with E-state index >= 15 is 0 Å². The number of fused-ring (bicyclic) bond motifs is 4. The Morgan fingerprint density at radius 1 is 0.977 bits per heavy atom. The zero-order valence-corrected chi connectivity index (χ0v) is 26.0. The minimum absolute atomic E-state index is 0.185. The Balaban J connectivity index is 1.46.